The minimum atomic E-state index is -0.340. The van der Waals surface area contributed by atoms with Crippen molar-refractivity contribution in [2.75, 3.05) is 0 Å². The highest BCUT2D eigenvalue weighted by molar-refractivity contribution is 5.81. The fourth-order valence-corrected chi connectivity index (χ4v) is 1.71. The largest absolute Gasteiger partial charge is 0.508 e. The average molecular weight is 265 g/mol. The molecule has 0 saturated heterocycles. The molecule has 0 aliphatic rings. The number of aromatic hydroxyl groups is 1. The van der Waals surface area contributed by atoms with Crippen molar-refractivity contribution in [3.05, 3.63) is 65.2 Å². The summed E-state index contributed by atoms with van der Waals surface area (Å²) in [6.07, 6.45) is 0. The van der Waals surface area contributed by atoms with Crippen molar-refractivity contribution in [3.8, 4) is 17.6 Å². The summed E-state index contributed by atoms with van der Waals surface area (Å²) in [6, 6.07) is 14.2. The van der Waals surface area contributed by atoms with E-state index < -0.39 is 0 Å². The minimum absolute atomic E-state index is 0.223. The summed E-state index contributed by atoms with van der Waals surface area (Å²) < 4.78 is 0. The van der Waals surface area contributed by atoms with Crippen LogP contribution >= 0.6 is 0 Å². The van der Waals surface area contributed by atoms with Crippen molar-refractivity contribution in [2.45, 2.75) is 12.8 Å². The summed E-state index contributed by atoms with van der Waals surface area (Å²) in [6.45, 7) is 1.78. The Hall–Kier alpha value is -2.73. The number of hydrogen-bond donors (Lipinski definition) is 2. The summed E-state index contributed by atoms with van der Waals surface area (Å²) in [5, 5.41) is 9.18. The van der Waals surface area contributed by atoms with Crippen LogP contribution in [0, 0.1) is 11.8 Å². The number of benzene rings is 2. The SMILES string of the molecule is CC(C(N)=O)c1ccc(C#Cc2ccc(O)cc2)cc1. The molecule has 3 N–H and O–H groups in total. The van der Waals surface area contributed by atoms with Gasteiger partial charge in [-0.3, -0.25) is 4.79 Å². The number of nitrogens with two attached hydrogens (primary N) is 1. The first-order valence-electron chi connectivity index (χ1n) is 6.26. The van der Waals surface area contributed by atoms with Crippen molar-refractivity contribution in [1.29, 1.82) is 0 Å². The first-order chi connectivity index (χ1) is 9.56. The molecule has 0 spiro atoms. The maximum Gasteiger partial charge on any atom is 0.224 e. The van der Waals surface area contributed by atoms with Crippen LogP contribution in [0.3, 0.4) is 0 Å². The maximum atomic E-state index is 11.1. The Kier molecular flexibility index (Phi) is 4.07. The lowest BCUT2D eigenvalue weighted by Gasteiger charge is -2.06. The molecule has 0 radical (unpaired) electrons. The third kappa shape index (κ3) is 3.39. The standard InChI is InChI=1S/C17H15NO2/c1-12(17(18)20)15-8-4-13(5-9-15)2-3-14-6-10-16(19)11-7-14/h4-12,19H,1H3,(H2,18,20). The van der Waals surface area contributed by atoms with Gasteiger partial charge in [-0.15, -0.1) is 0 Å². The van der Waals surface area contributed by atoms with Gasteiger partial charge in [0.25, 0.3) is 0 Å². The molecular weight excluding hydrogens is 250 g/mol. The Labute approximate surface area is 118 Å². The molecule has 3 nitrogen and oxygen atoms in total. The molecule has 20 heavy (non-hydrogen) atoms. The molecule has 2 aromatic rings. The zero-order chi connectivity index (χ0) is 14.5. The van der Waals surface area contributed by atoms with Gasteiger partial charge < -0.3 is 10.8 Å². The van der Waals surface area contributed by atoms with Crippen LogP contribution in [0.2, 0.25) is 0 Å². The molecule has 100 valence electrons. The van der Waals surface area contributed by atoms with Crippen LogP contribution in [-0.4, -0.2) is 11.0 Å². The van der Waals surface area contributed by atoms with Gasteiger partial charge in [0.05, 0.1) is 5.92 Å². The molecule has 0 aliphatic carbocycles. The summed E-state index contributed by atoms with van der Waals surface area (Å²) >= 11 is 0. The predicted octanol–water partition coefficient (Wildman–Crippen LogP) is 2.38. The topological polar surface area (TPSA) is 63.3 Å². The van der Waals surface area contributed by atoms with E-state index in [1.165, 1.54) is 0 Å². The molecule has 0 aliphatic heterocycles. The first-order valence-corrected chi connectivity index (χ1v) is 6.26. The molecule has 0 heterocycles. The average Bonchev–Trinajstić information content (AvgIpc) is 2.46. The highest BCUT2D eigenvalue weighted by Gasteiger charge is 2.10. The van der Waals surface area contributed by atoms with Crippen LogP contribution < -0.4 is 5.73 Å². The number of amides is 1. The van der Waals surface area contributed by atoms with Crippen LogP contribution in [0.4, 0.5) is 0 Å². The Balaban J connectivity index is 2.15. The minimum Gasteiger partial charge on any atom is -0.508 e. The van der Waals surface area contributed by atoms with Gasteiger partial charge >= 0.3 is 0 Å². The zero-order valence-electron chi connectivity index (χ0n) is 11.1. The third-order valence-corrected chi connectivity index (χ3v) is 3.06. The second-order valence-corrected chi connectivity index (χ2v) is 4.54. The number of phenols is 1. The molecule has 1 amide bonds. The van der Waals surface area contributed by atoms with E-state index in [0.717, 1.165) is 16.7 Å². The first kappa shape index (κ1) is 13.7. The van der Waals surface area contributed by atoms with Crippen LogP contribution in [-0.2, 0) is 4.79 Å². The number of phenolic OH excluding ortho intramolecular Hbond substituents is 1. The molecule has 0 saturated carbocycles. The van der Waals surface area contributed by atoms with Gasteiger partial charge in [-0.25, -0.2) is 0 Å². The molecule has 3 heteroatoms. The van der Waals surface area contributed by atoms with Crippen molar-refractivity contribution in [1.82, 2.24) is 0 Å². The van der Waals surface area contributed by atoms with Gasteiger partial charge in [0.2, 0.25) is 5.91 Å². The van der Waals surface area contributed by atoms with E-state index in [2.05, 4.69) is 11.8 Å². The van der Waals surface area contributed by atoms with Crippen molar-refractivity contribution in [2.24, 2.45) is 5.73 Å². The second-order valence-electron chi connectivity index (χ2n) is 4.54. The maximum absolute atomic E-state index is 11.1. The van der Waals surface area contributed by atoms with E-state index in [0.29, 0.717) is 0 Å². The molecule has 1 unspecified atom stereocenters. The highest BCUT2D eigenvalue weighted by Crippen LogP contribution is 2.15. The fraction of sp³-hybridized carbons (Fsp3) is 0.118. The van der Waals surface area contributed by atoms with E-state index in [9.17, 15) is 9.90 Å². The lowest BCUT2D eigenvalue weighted by molar-refractivity contribution is -0.119. The molecule has 1 atom stereocenters. The van der Waals surface area contributed by atoms with E-state index >= 15 is 0 Å². The van der Waals surface area contributed by atoms with E-state index in [-0.39, 0.29) is 17.6 Å². The van der Waals surface area contributed by atoms with Gasteiger partial charge in [0.1, 0.15) is 5.75 Å². The lowest BCUT2D eigenvalue weighted by atomic mass is 9.99. The normalized spacial score (nSPS) is 11.2. The monoisotopic (exact) mass is 265 g/mol. The Bertz CT molecular complexity index is 661. The van der Waals surface area contributed by atoms with Gasteiger partial charge in [0.15, 0.2) is 0 Å². The van der Waals surface area contributed by atoms with Gasteiger partial charge in [-0.05, 0) is 48.9 Å². The number of hydrogen-bond acceptors (Lipinski definition) is 2. The smallest absolute Gasteiger partial charge is 0.224 e. The molecular formula is C17H15NO2. The third-order valence-electron chi connectivity index (χ3n) is 3.06. The number of rotatable bonds is 2. The van der Waals surface area contributed by atoms with Gasteiger partial charge in [0, 0.05) is 11.1 Å². The number of carbonyl (C=O) groups excluding carboxylic acids is 1. The molecule has 2 aromatic carbocycles. The van der Waals surface area contributed by atoms with Crippen molar-refractivity contribution >= 4 is 5.91 Å². The highest BCUT2D eigenvalue weighted by atomic mass is 16.3. The van der Waals surface area contributed by atoms with Gasteiger partial charge in [-0.1, -0.05) is 24.0 Å². The molecule has 0 fully saturated rings. The zero-order valence-corrected chi connectivity index (χ0v) is 11.1. The quantitative estimate of drug-likeness (QED) is 0.819. The fourth-order valence-electron chi connectivity index (χ4n) is 1.71. The Morgan fingerprint density at radius 2 is 1.45 bits per heavy atom. The number of primary amides is 1. The molecule has 2 rings (SSSR count). The molecule has 0 aromatic heterocycles. The second kappa shape index (κ2) is 5.94. The van der Waals surface area contributed by atoms with E-state index in [1.807, 2.05) is 24.3 Å². The van der Waals surface area contributed by atoms with Crippen LogP contribution in [0.25, 0.3) is 0 Å². The van der Waals surface area contributed by atoms with Crippen LogP contribution in [0.15, 0.2) is 48.5 Å². The van der Waals surface area contributed by atoms with Crippen LogP contribution in [0.1, 0.15) is 29.5 Å². The predicted molar refractivity (Wildman–Crippen MR) is 78.1 cm³/mol. The summed E-state index contributed by atoms with van der Waals surface area (Å²) in [5.41, 5.74) is 7.84. The van der Waals surface area contributed by atoms with Crippen LogP contribution in [0.5, 0.6) is 5.75 Å². The lowest BCUT2D eigenvalue weighted by Crippen LogP contribution is -2.18. The number of carbonyl (C=O) groups is 1. The summed E-state index contributed by atoms with van der Waals surface area (Å²) in [4.78, 5) is 11.1. The Morgan fingerprint density at radius 3 is 1.90 bits per heavy atom. The summed E-state index contributed by atoms with van der Waals surface area (Å²) in [5.74, 6) is 5.62. The summed E-state index contributed by atoms with van der Waals surface area (Å²) in [7, 11) is 0. The van der Waals surface area contributed by atoms with Crippen molar-refractivity contribution in [3.63, 3.8) is 0 Å². The van der Waals surface area contributed by atoms with E-state index in [1.54, 1.807) is 31.2 Å². The molecule has 0 bridgehead atoms. The van der Waals surface area contributed by atoms with Crippen molar-refractivity contribution < 1.29 is 9.90 Å². The van der Waals surface area contributed by atoms with E-state index in [4.69, 9.17) is 5.73 Å². The Morgan fingerprint density at radius 1 is 1.00 bits per heavy atom. The van der Waals surface area contributed by atoms with Gasteiger partial charge in [-0.2, -0.15) is 0 Å².